The van der Waals surface area contributed by atoms with Gasteiger partial charge in [0, 0.05) is 39.3 Å². The second-order valence-electron chi connectivity index (χ2n) is 5.96. The molecular weight excluding hydrogens is 238 g/mol. The Morgan fingerprint density at radius 2 is 1.68 bits per heavy atom. The predicted molar refractivity (Wildman–Crippen MR) is 79.4 cm³/mol. The summed E-state index contributed by atoms with van der Waals surface area (Å²) in [5.74, 6) is 0. The summed E-state index contributed by atoms with van der Waals surface area (Å²) < 4.78 is 5.69. The van der Waals surface area contributed by atoms with E-state index in [1.54, 1.807) is 0 Å². The quantitative estimate of drug-likeness (QED) is 0.675. The van der Waals surface area contributed by atoms with Crippen LogP contribution < -0.4 is 5.73 Å². The number of nitrogens with two attached hydrogens (primary N) is 1. The molecule has 2 rings (SSSR count). The first kappa shape index (κ1) is 15.2. The van der Waals surface area contributed by atoms with E-state index in [0.29, 0.717) is 6.10 Å². The van der Waals surface area contributed by atoms with Gasteiger partial charge in [-0.15, -0.1) is 0 Å². The molecule has 0 aromatic rings. The molecule has 1 unspecified atom stereocenters. The highest BCUT2D eigenvalue weighted by atomic mass is 16.5. The zero-order chi connectivity index (χ0) is 13.3. The summed E-state index contributed by atoms with van der Waals surface area (Å²) in [4.78, 5) is 5.22. The van der Waals surface area contributed by atoms with Gasteiger partial charge in [-0.25, -0.2) is 0 Å². The number of nitrogens with zero attached hydrogens (tertiary/aromatic N) is 2. The molecule has 4 heteroatoms. The van der Waals surface area contributed by atoms with E-state index in [-0.39, 0.29) is 0 Å². The van der Waals surface area contributed by atoms with Gasteiger partial charge in [0.15, 0.2) is 0 Å². The molecule has 1 atom stereocenters. The summed E-state index contributed by atoms with van der Waals surface area (Å²) in [6.07, 6.45) is 8.11. The standard InChI is InChI=1S/C15H31N3O/c16-7-2-1-3-8-17-10-12-18(13-11-17)9-6-15-5-4-14-19-15/h15H,1-14,16H2. The molecule has 2 heterocycles. The smallest absolute Gasteiger partial charge is 0.0588 e. The van der Waals surface area contributed by atoms with E-state index in [4.69, 9.17) is 10.5 Å². The zero-order valence-electron chi connectivity index (χ0n) is 12.4. The Bertz CT molecular complexity index is 223. The highest BCUT2D eigenvalue weighted by molar-refractivity contribution is 4.74. The minimum absolute atomic E-state index is 0.550. The molecule has 2 fully saturated rings. The Labute approximate surface area is 118 Å². The van der Waals surface area contributed by atoms with Crippen LogP contribution in [0.15, 0.2) is 0 Å². The van der Waals surface area contributed by atoms with Gasteiger partial charge < -0.3 is 20.3 Å². The molecule has 0 saturated carbocycles. The molecule has 112 valence electrons. The highest BCUT2D eigenvalue weighted by Crippen LogP contribution is 2.16. The Morgan fingerprint density at radius 1 is 0.947 bits per heavy atom. The molecule has 2 N–H and O–H groups in total. The van der Waals surface area contributed by atoms with Crippen LogP contribution in [-0.2, 0) is 4.74 Å². The summed E-state index contributed by atoms with van der Waals surface area (Å²) in [6, 6.07) is 0. The van der Waals surface area contributed by atoms with Crippen molar-refractivity contribution < 1.29 is 4.74 Å². The second-order valence-corrected chi connectivity index (χ2v) is 5.96. The van der Waals surface area contributed by atoms with Gasteiger partial charge in [0.1, 0.15) is 0 Å². The van der Waals surface area contributed by atoms with Crippen molar-refractivity contribution in [2.75, 3.05) is 52.4 Å². The van der Waals surface area contributed by atoms with Crippen LogP contribution >= 0.6 is 0 Å². The van der Waals surface area contributed by atoms with Gasteiger partial charge in [-0.05, 0) is 45.2 Å². The third-order valence-corrected chi connectivity index (χ3v) is 4.43. The highest BCUT2D eigenvalue weighted by Gasteiger charge is 2.19. The van der Waals surface area contributed by atoms with E-state index in [1.165, 1.54) is 77.8 Å². The van der Waals surface area contributed by atoms with Gasteiger partial charge >= 0.3 is 0 Å². The first-order valence-electron chi connectivity index (χ1n) is 8.15. The maximum Gasteiger partial charge on any atom is 0.0588 e. The number of piperazine rings is 1. The maximum absolute atomic E-state index is 5.69. The fourth-order valence-electron chi connectivity index (χ4n) is 3.09. The molecule has 2 aliphatic heterocycles. The first-order chi connectivity index (χ1) is 9.38. The molecule has 0 aromatic heterocycles. The van der Waals surface area contributed by atoms with E-state index in [9.17, 15) is 0 Å². The minimum Gasteiger partial charge on any atom is -0.378 e. The van der Waals surface area contributed by atoms with Crippen molar-refractivity contribution in [2.45, 2.75) is 44.6 Å². The predicted octanol–water partition coefficient (Wildman–Crippen LogP) is 1.30. The van der Waals surface area contributed by atoms with Crippen LogP contribution in [0.25, 0.3) is 0 Å². The molecule has 2 saturated heterocycles. The molecule has 0 radical (unpaired) electrons. The summed E-state index contributed by atoms with van der Waals surface area (Å²) in [5.41, 5.74) is 5.52. The lowest BCUT2D eigenvalue weighted by atomic mass is 10.1. The van der Waals surface area contributed by atoms with E-state index in [2.05, 4.69) is 9.80 Å². The van der Waals surface area contributed by atoms with E-state index < -0.39 is 0 Å². The molecule has 0 amide bonds. The van der Waals surface area contributed by atoms with Crippen molar-refractivity contribution in [3.8, 4) is 0 Å². The largest absolute Gasteiger partial charge is 0.378 e. The Hall–Kier alpha value is -0.160. The topological polar surface area (TPSA) is 41.7 Å². The van der Waals surface area contributed by atoms with Gasteiger partial charge in [-0.1, -0.05) is 6.42 Å². The monoisotopic (exact) mass is 269 g/mol. The Kier molecular flexibility index (Phi) is 7.14. The van der Waals surface area contributed by atoms with Crippen molar-refractivity contribution >= 4 is 0 Å². The average Bonchev–Trinajstić information content (AvgIpc) is 2.96. The van der Waals surface area contributed by atoms with E-state index in [1.807, 2.05) is 0 Å². The maximum atomic E-state index is 5.69. The second kappa shape index (κ2) is 8.90. The summed E-state index contributed by atoms with van der Waals surface area (Å²) >= 11 is 0. The van der Waals surface area contributed by atoms with Crippen LogP contribution in [0.1, 0.15) is 38.5 Å². The van der Waals surface area contributed by atoms with Crippen LogP contribution in [0.3, 0.4) is 0 Å². The molecule has 19 heavy (non-hydrogen) atoms. The number of hydrogen-bond acceptors (Lipinski definition) is 4. The van der Waals surface area contributed by atoms with Crippen molar-refractivity contribution in [3.05, 3.63) is 0 Å². The van der Waals surface area contributed by atoms with Gasteiger partial charge in [0.25, 0.3) is 0 Å². The SMILES string of the molecule is NCCCCCN1CCN(CCC2CCCO2)CC1. The lowest BCUT2D eigenvalue weighted by Gasteiger charge is -2.35. The number of unbranched alkanes of at least 4 members (excludes halogenated alkanes) is 2. The van der Waals surface area contributed by atoms with Gasteiger partial charge in [0.2, 0.25) is 0 Å². The molecule has 0 aliphatic carbocycles. The van der Waals surface area contributed by atoms with Crippen LogP contribution in [0.2, 0.25) is 0 Å². The Balaban J connectivity index is 1.49. The summed E-state index contributed by atoms with van der Waals surface area (Å²) in [7, 11) is 0. The number of rotatable bonds is 8. The lowest BCUT2D eigenvalue weighted by Crippen LogP contribution is -2.47. The van der Waals surface area contributed by atoms with Crippen molar-refractivity contribution in [1.82, 2.24) is 9.80 Å². The molecule has 0 aromatic carbocycles. The molecular formula is C15H31N3O. The average molecular weight is 269 g/mol. The molecule has 0 bridgehead atoms. The molecule has 2 aliphatic rings. The van der Waals surface area contributed by atoms with Crippen LogP contribution in [0.4, 0.5) is 0 Å². The van der Waals surface area contributed by atoms with Gasteiger partial charge in [-0.2, -0.15) is 0 Å². The third kappa shape index (κ3) is 5.78. The minimum atomic E-state index is 0.550. The van der Waals surface area contributed by atoms with Crippen LogP contribution in [-0.4, -0.2) is 68.3 Å². The van der Waals surface area contributed by atoms with Crippen molar-refractivity contribution in [1.29, 1.82) is 0 Å². The van der Waals surface area contributed by atoms with E-state index in [0.717, 1.165) is 13.2 Å². The van der Waals surface area contributed by atoms with Crippen LogP contribution in [0, 0.1) is 0 Å². The number of ether oxygens (including phenoxy) is 1. The summed E-state index contributed by atoms with van der Waals surface area (Å²) in [5, 5.41) is 0. The van der Waals surface area contributed by atoms with Gasteiger partial charge in [0.05, 0.1) is 6.10 Å². The van der Waals surface area contributed by atoms with E-state index >= 15 is 0 Å². The van der Waals surface area contributed by atoms with Gasteiger partial charge in [-0.3, -0.25) is 0 Å². The molecule has 4 nitrogen and oxygen atoms in total. The van der Waals surface area contributed by atoms with Crippen LogP contribution in [0.5, 0.6) is 0 Å². The fourth-order valence-corrected chi connectivity index (χ4v) is 3.09. The number of hydrogen-bond donors (Lipinski definition) is 1. The zero-order valence-corrected chi connectivity index (χ0v) is 12.4. The third-order valence-electron chi connectivity index (χ3n) is 4.43. The lowest BCUT2D eigenvalue weighted by molar-refractivity contribution is 0.0772. The van der Waals surface area contributed by atoms with Crippen molar-refractivity contribution in [2.24, 2.45) is 5.73 Å². The molecule has 0 spiro atoms. The summed E-state index contributed by atoms with van der Waals surface area (Å²) in [6.45, 7) is 9.29. The van der Waals surface area contributed by atoms with Crippen molar-refractivity contribution in [3.63, 3.8) is 0 Å². The first-order valence-corrected chi connectivity index (χ1v) is 8.15. The normalized spacial score (nSPS) is 26.1. The Morgan fingerprint density at radius 3 is 2.32 bits per heavy atom. The fraction of sp³-hybridized carbons (Fsp3) is 1.00.